The first-order valence-corrected chi connectivity index (χ1v) is 8.60. The van der Waals surface area contributed by atoms with Gasteiger partial charge in [0, 0.05) is 30.6 Å². The molecule has 0 saturated carbocycles. The van der Waals surface area contributed by atoms with Crippen LogP contribution < -0.4 is 5.32 Å². The van der Waals surface area contributed by atoms with E-state index in [1.54, 1.807) is 0 Å². The van der Waals surface area contributed by atoms with Crippen molar-refractivity contribution in [2.45, 2.75) is 52.3 Å². The second-order valence-electron chi connectivity index (χ2n) is 6.75. The molecule has 1 aromatic heterocycles. The molecule has 2 heterocycles. The molecule has 1 aromatic rings. The third-order valence-corrected chi connectivity index (χ3v) is 4.47. The number of hydrogen-bond donors (Lipinski definition) is 1. The minimum atomic E-state index is -4.49. The molecule has 0 aliphatic carbocycles. The van der Waals surface area contributed by atoms with Gasteiger partial charge in [0.25, 0.3) is 0 Å². The Labute approximate surface area is 146 Å². The number of rotatable bonds is 5. The van der Waals surface area contributed by atoms with E-state index in [1.165, 1.54) is 6.92 Å². The van der Waals surface area contributed by atoms with Gasteiger partial charge in [-0.3, -0.25) is 4.79 Å². The molecule has 140 valence electrons. The van der Waals surface area contributed by atoms with Crippen molar-refractivity contribution in [1.82, 2.24) is 20.2 Å². The predicted molar refractivity (Wildman–Crippen MR) is 87.9 cm³/mol. The number of carbonyl (C=O) groups is 1. The summed E-state index contributed by atoms with van der Waals surface area (Å²) in [6.07, 6.45) is -2.69. The molecule has 0 bridgehead atoms. The number of alkyl halides is 3. The van der Waals surface area contributed by atoms with E-state index >= 15 is 0 Å². The van der Waals surface area contributed by atoms with Crippen LogP contribution in [0, 0.1) is 12.8 Å². The number of carbonyl (C=O) groups excluding carboxylic acids is 1. The second kappa shape index (κ2) is 8.12. The zero-order valence-corrected chi connectivity index (χ0v) is 14.9. The van der Waals surface area contributed by atoms with E-state index < -0.39 is 11.9 Å². The fraction of sp³-hybridized carbons (Fsp3) is 0.706. The van der Waals surface area contributed by atoms with E-state index in [9.17, 15) is 18.0 Å². The summed E-state index contributed by atoms with van der Waals surface area (Å²) >= 11 is 0. The van der Waals surface area contributed by atoms with Crippen molar-refractivity contribution >= 4 is 5.91 Å². The molecule has 5 nitrogen and oxygen atoms in total. The van der Waals surface area contributed by atoms with Gasteiger partial charge in [-0.05, 0) is 52.8 Å². The standard InChI is InChI=1S/C17H25F3N4O/c1-11(2)24-8-5-13(6-9-24)16(25)21-7-4-15-22-12(3)10-14(23-15)17(18,19)20/h10-11,13H,4-9H2,1-3H3,(H,21,25). The first-order valence-electron chi connectivity index (χ1n) is 8.60. The highest BCUT2D eigenvalue weighted by Crippen LogP contribution is 2.27. The first kappa shape index (κ1) is 19.6. The molecule has 0 aromatic carbocycles. The molecule has 0 spiro atoms. The SMILES string of the molecule is Cc1cc(C(F)(F)F)nc(CCNC(=O)C2CCN(C(C)C)CC2)n1. The molecule has 1 amide bonds. The Hall–Kier alpha value is -1.70. The van der Waals surface area contributed by atoms with Crippen LogP contribution in [0.3, 0.4) is 0 Å². The summed E-state index contributed by atoms with van der Waals surface area (Å²) in [5.74, 6) is 0.0357. The Morgan fingerprint density at radius 1 is 1.32 bits per heavy atom. The van der Waals surface area contributed by atoms with Gasteiger partial charge in [-0.2, -0.15) is 13.2 Å². The quantitative estimate of drug-likeness (QED) is 0.879. The zero-order valence-electron chi connectivity index (χ0n) is 14.9. The molecular weight excluding hydrogens is 333 g/mol. The molecule has 0 unspecified atom stereocenters. The van der Waals surface area contributed by atoms with Crippen LogP contribution >= 0.6 is 0 Å². The lowest BCUT2D eigenvalue weighted by molar-refractivity contribution is -0.141. The van der Waals surface area contributed by atoms with Gasteiger partial charge in [0.1, 0.15) is 11.5 Å². The summed E-state index contributed by atoms with van der Waals surface area (Å²) in [5, 5.41) is 2.80. The van der Waals surface area contributed by atoms with Gasteiger partial charge in [0.05, 0.1) is 0 Å². The lowest BCUT2D eigenvalue weighted by atomic mass is 9.95. The Bertz CT molecular complexity index is 596. The number of amides is 1. The minimum absolute atomic E-state index is 0.0286. The van der Waals surface area contributed by atoms with Crippen molar-refractivity contribution < 1.29 is 18.0 Å². The second-order valence-corrected chi connectivity index (χ2v) is 6.75. The molecule has 0 radical (unpaired) electrons. The highest BCUT2D eigenvalue weighted by molar-refractivity contribution is 5.78. The van der Waals surface area contributed by atoms with Crippen LogP contribution in [-0.4, -0.2) is 46.5 Å². The number of hydrogen-bond acceptors (Lipinski definition) is 4. The van der Waals surface area contributed by atoms with Crippen LogP contribution in [0.4, 0.5) is 13.2 Å². The van der Waals surface area contributed by atoms with Crippen LogP contribution in [0.5, 0.6) is 0 Å². The van der Waals surface area contributed by atoms with E-state index in [0.717, 1.165) is 32.0 Å². The van der Waals surface area contributed by atoms with Gasteiger partial charge in [-0.1, -0.05) is 0 Å². The average Bonchev–Trinajstić information content (AvgIpc) is 2.53. The number of nitrogens with zero attached hydrogens (tertiary/aromatic N) is 3. The topological polar surface area (TPSA) is 58.1 Å². The number of piperidine rings is 1. The normalized spacial score (nSPS) is 17.1. The minimum Gasteiger partial charge on any atom is -0.355 e. The van der Waals surface area contributed by atoms with Crippen LogP contribution in [0.2, 0.25) is 0 Å². The van der Waals surface area contributed by atoms with Crippen LogP contribution in [0.1, 0.15) is 43.9 Å². The van der Waals surface area contributed by atoms with Crippen molar-refractivity contribution in [2.24, 2.45) is 5.92 Å². The monoisotopic (exact) mass is 358 g/mol. The van der Waals surface area contributed by atoms with E-state index in [2.05, 4.69) is 34.0 Å². The summed E-state index contributed by atoms with van der Waals surface area (Å²) in [5.41, 5.74) is -0.674. The Kier molecular flexibility index (Phi) is 6.37. The highest BCUT2D eigenvalue weighted by atomic mass is 19.4. The number of likely N-dealkylation sites (tertiary alicyclic amines) is 1. The average molecular weight is 358 g/mol. The number of halogens is 3. The van der Waals surface area contributed by atoms with Gasteiger partial charge in [-0.15, -0.1) is 0 Å². The molecule has 8 heteroatoms. The summed E-state index contributed by atoms with van der Waals surface area (Å²) in [4.78, 5) is 22.1. The molecule has 1 fully saturated rings. The van der Waals surface area contributed by atoms with Gasteiger partial charge in [-0.25, -0.2) is 9.97 Å². The lowest BCUT2D eigenvalue weighted by Gasteiger charge is -2.33. The maximum Gasteiger partial charge on any atom is 0.433 e. The Morgan fingerprint density at radius 3 is 2.52 bits per heavy atom. The van der Waals surface area contributed by atoms with Crippen molar-refractivity contribution in [1.29, 1.82) is 0 Å². The van der Waals surface area contributed by atoms with Gasteiger partial charge in [0.2, 0.25) is 5.91 Å². The van der Waals surface area contributed by atoms with Crippen molar-refractivity contribution in [3.05, 3.63) is 23.3 Å². The molecule has 25 heavy (non-hydrogen) atoms. The van der Waals surface area contributed by atoms with Crippen molar-refractivity contribution in [2.75, 3.05) is 19.6 Å². The van der Waals surface area contributed by atoms with E-state index in [4.69, 9.17) is 0 Å². The van der Waals surface area contributed by atoms with Crippen LogP contribution in [-0.2, 0) is 17.4 Å². The zero-order chi connectivity index (χ0) is 18.6. The molecule has 2 rings (SSSR count). The molecule has 0 atom stereocenters. The smallest absolute Gasteiger partial charge is 0.355 e. The van der Waals surface area contributed by atoms with Crippen LogP contribution in [0.15, 0.2) is 6.07 Å². The van der Waals surface area contributed by atoms with Crippen molar-refractivity contribution in [3.63, 3.8) is 0 Å². The van der Waals surface area contributed by atoms with Gasteiger partial charge >= 0.3 is 6.18 Å². The maximum atomic E-state index is 12.8. The van der Waals surface area contributed by atoms with E-state index in [0.29, 0.717) is 6.04 Å². The molecule has 1 aliphatic heterocycles. The molecule has 1 saturated heterocycles. The fourth-order valence-corrected chi connectivity index (χ4v) is 3.01. The molecular formula is C17H25F3N4O. The van der Waals surface area contributed by atoms with Gasteiger partial charge in [0.15, 0.2) is 0 Å². The highest BCUT2D eigenvalue weighted by Gasteiger charge is 2.33. The Balaban J connectivity index is 1.83. The fourth-order valence-electron chi connectivity index (χ4n) is 3.01. The summed E-state index contributed by atoms with van der Waals surface area (Å²) in [6, 6.07) is 1.40. The van der Waals surface area contributed by atoms with E-state index in [-0.39, 0.29) is 36.3 Å². The lowest BCUT2D eigenvalue weighted by Crippen LogP contribution is -2.43. The summed E-state index contributed by atoms with van der Waals surface area (Å²) < 4.78 is 38.3. The Morgan fingerprint density at radius 2 is 1.96 bits per heavy atom. The van der Waals surface area contributed by atoms with Crippen molar-refractivity contribution in [3.8, 4) is 0 Å². The van der Waals surface area contributed by atoms with Crippen LogP contribution in [0.25, 0.3) is 0 Å². The molecule has 1 aliphatic rings. The van der Waals surface area contributed by atoms with Gasteiger partial charge < -0.3 is 10.2 Å². The summed E-state index contributed by atoms with van der Waals surface area (Å²) in [6.45, 7) is 7.80. The first-order chi connectivity index (χ1) is 11.7. The number of aromatic nitrogens is 2. The largest absolute Gasteiger partial charge is 0.433 e. The third-order valence-electron chi connectivity index (χ3n) is 4.47. The number of aryl methyl sites for hydroxylation is 1. The predicted octanol–water partition coefficient (Wildman–Crippen LogP) is 2.58. The molecule has 1 N–H and O–H groups in total. The van der Waals surface area contributed by atoms with E-state index in [1.807, 2.05) is 0 Å². The number of nitrogens with one attached hydrogen (secondary N) is 1. The summed E-state index contributed by atoms with van der Waals surface area (Å²) in [7, 11) is 0. The third kappa shape index (κ3) is 5.66. The maximum absolute atomic E-state index is 12.8.